The summed E-state index contributed by atoms with van der Waals surface area (Å²) in [7, 11) is 0. The van der Waals surface area contributed by atoms with Crippen LogP contribution in [0.2, 0.25) is 0 Å². The quantitative estimate of drug-likeness (QED) is 0.867. The van der Waals surface area contributed by atoms with E-state index in [-0.39, 0.29) is 6.10 Å². The van der Waals surface area contributed by atoms with E-state index in [0.29, 0.717) is 6.04 Å². The van der Waals surface area contributed by atoms with Crippen molar-refractivity contribution < 1.29 is 5.11 Å². The van der Waals surface area contributed by atoms with E-state index in [4.69, 9.17) is 0 Å². The van der Waals surface area contributed by atoms with Crippen molar-refractivity contribution in [2.45, 2.75) is 44.2 Å². The van der Waals surface area contributed by atoms with E-state index in [0.717, 1.165) is 39.0 Å². The van der Waals surface area contributed by atoms with Gasteiger partial charge in [0.15, 0.2) is 0 Å². The zero-order chi connectivity index (χ0) is 15.4. The van der Waals surface area contributed by atoms with Crippen molar-refractivity contribution in [3.05, 3.63) is 34.3 Å². The van der Waals surface area contributed by atoms with Crippen molar-refractivity contribution >= 4 is 15.9 Å². The minimum absolute atomic E-state index is 0.0805. The van der Waals surface area contributed by atoms with E-state index >= 15 is 0 Å². The molecule has 2 aliphatic rings. The Kier molecular flexibility index (Phi) is 5.91. The maximum absolute atomic E-state index is 10.0. The number of halogens is 1. The minimum Gasteiger partial charge on any atom is -0.391 e. The first-order valence-electron chi connectivity index (χ1n) is 8.61. The van der Waals surface area contributed by atoms with Gasteiger partial charge in [0.05, 0.1) is 6.10 Å². The third-order valence-electron chi connectivity index (χ3n) is 5.15. The Morgan fingerprint density at radius 2 is 1.95 bits per heavy atom. The minimum atomic E-state index is -0.0805. The Hall–Kier alpha value is -0.420. The molecule has 1 saturated carbocycles. The molecule has 3 rings (SSSR count). The maximum atomic E-state index is 10.0. The molecule has 0 aromatic heterocycles. The predicted molar refractivity (Wildman–Crippen MR) is 94.1 cm³/mol. The van der Waals surface area contributed by atoms with Crippen LogP contribution in [0.4, 0.5) is 0 Å². The summed E-state index contributed by atoms with van der Waals surface area (Å²) in [5.74, 6) is 0. The number of aliphatic hydroxyl groups excluding tert-OH is 1. The molecule has 1 aromatic rings. The lowest BCUT2D eigenvalue weighted by molar-refractivity contribution is 0.0353. The predicted octanol–water partition coefficient (Wildman–Crippen LogP) is 2.91. The molecule has 1 aliphatic heterocycles. The van der Waals surface area contributed by atoms with Gasteiger partial charge >= 0.3 is 0 Å². The molecular weight excluding hydrogens is 340 g/mol. The number of aryl methyl sites for hydroxylation is 1. The van der Waals surface area contributed by atoms with Gasteiger partial charge in [-0.05, 0) is 56.3 Å². The highest BCUT2D eigenvalue weighted by Gasteiger charge is 2.32. The Balaban J connectivity index is 1.37. The Morgan fingerprint density at radius 1 is 1.14 bits per heavy atom. The van der Waals surface area contributed by atoms with Crippen LogP contribution >= 0.6 is 15.9 Å². The lowest BCUT2D eigenvalue weighted by Crippen LogP contribution is -2.52. The molecule has 0 bridgehead atoms. The molecule has 4 heteroatoms. The number of hydrogen-bond donors (Lipinski definition) is 1. The second-order valence-electron chi connectivity index (χ2n) is 6.68. The standard InChI is InChI=1S/C18H27BrN2O/c19-16-6-1-4-15(14-16)5-3-9-20-10-12-21(13-11-20)17-7-2-8-18(17)22/h1,4,6,14,17-18,22H,2-3,5,7-13H2/t17-,18-/m0/s1. The van der Waals surface area contributed by atoms with Gasteiger partial charge in [-0.1, -0.05) is 28.1 Å². The fourth-order valence-electron chi connectivity index (χ4n) is 3.86. The second-order valence-corrected chi connectivity index (χ2v) is 7.59. The normalized spacial score (nSPS) is 27.4. The van der Waals surface area contributed by atoms with Crippen LogP contribution in [0.25, 0.3) is 0 Å². The molecule has 1 N–H and O–H groups in total. The smallest absolute Gasteiger partial charge is 0.0695 e. The van der Waals surface area contributed by atoms with Crippen LogP contribution in [-0.4, -0.2) is 59.8 Å². The summed E-state index contributed by atoms with van der Waals surface area (Å²) < 4.78 is 1.17. The highest BCUT2D eigenvalue weighted by Crippen LogP contribution is 2.25. The molecule has 3 nitrogen and oxygen atoms in total. The summed E-state index contributed by atoms with van der Waals surface area (Å²) in [6.45, 7) is 5.74. The number of rotatable bonds is 5. The summed E-state index contributed by atoms with van der Waals surface area (Å²) in [5.41, 5.74) is 1.42. The fourth-order valence-corrected chi connectivity index (χ4v) is 4.31. The summed E-state index contributed by atoms with van der Waals surface area (Å²) >= 11 is 3.54. The topological polar surface area (TPSA) is 26.7 Å². The molecule has 1 heterocycles. The van der Waals surface area contributed by atoms with Gasteiger partial charge < -0.3 is 10.0 Å². The molecule has 2 fully saturated rings. The molecule has 0 spiro atoms. The zero-order valence-corrected chi connectivity index (χ0v) is 14.8. The first-order chi connectivity index (χ1) is 10.7. The van der Waals surface area contributed by atoms with E-state index in [9.17, 15) is 5.11 Å². The van der Waals surface area contributed by atoms with Crippen LogP contribution in [0, 0.1) is 0 Å². The fraction of sp³-hybridized carbons (Fsp3) is 0.667. The number of piperazine rings is 1. The van der Waals surface area contributed by atoms with Gasteiger partial charge in [-0.15, -0.1) is 0 Å². The lowest BCUT2D eigenvalue weighted by atomic mass is 10.1. The Morgan fingerprint density at radius 3 is 2.64 bits per heavy atom. The summed E-state index contributed by atoms with van der Waals surface area (Å²) in [4.78, 5) is 5.10. The van der Waals surface area contributed by atoms with E-state index in [2.05, 4.69) is 50.0 Å². The van der Waals surface area contributed by atoms with Gasteiger partial charge in [-0.3, -0.25) is 4.90 Å². The molecule has 1 aliphatic carbocycles. The van der Waals surface area contributed by atoms with Crippen molar-refractivity contribution in [1.82, 2.24) is 9.80 Å². The first kappa shape index (κ1) is 16.4. The molecule has 0 radical (unpaired) electrons. The molecule has 0 unspecified atom stereocenters. The van der Waals surface area contributed by atoms with Crippen LogP contribution < -0.4 is 0 Å². The number of nitrogens with zero attached hydrogens (tertiary/aromatic N) is 2. The summed E-state index contributed by atoms with van der Waals surface area (Å²) in [5, 5.41) is 10.0. The van der Waals surface area contributed by atoms with Gasteiger partial charge in [0.25, 0.3) is 0 Å². The van der Waals surface area contributed by atoms with Crippen molar-refractivity contribution in [2.75, 3.05) is 32.7 Å². The van der Waals surface area contributed by atoms with Gasteiger partial charge in [0, 0.05) is 36.7 Å². The van der Waals surface area contributed by atoms with E-state index in [1.165, 1.54) is 35.8 Å². The van der Waals surface area contributed by atoms with Crippen molar-refractivity contribution in [2.24, 2.45) is 0 Å². The molecule has 122 valence electrons. The molecule has 0 amide bonds. The molecule has 22 heavy (non-hydrogen) atoms. The van der Waals surface area contributed by atoms with Gasteiger partial charge in [-0.2, -0.15) is 0 Å². The molecule has 1 saturated heterocycles. The summed E-state index contributed by atoms with van der Waals surface area (Å²) in [6.07, 6.45) is 5.67. The van der Waals surface area contributed by atoms with Crippen LogP contribution in [0.3, 0.4) is 0 Å². The second kappa shape index (κ2) is 7.91. The highest BCUT2D eigenvalue weighted by atomic mass is 79.9. The van der Waals surface area contributed by atoms with Crippen molar-refractivity contribution in [1.29, 1.82) is 0 Å². The highest BCUT2D eigenvalue weighted by molar-refractivity contribution is 9.10. The molecular formula is C18H27BrN2O. The van der Waals surface area contributed by atoms with Gasteiger partial charge in [-0.25, -0.2) is 0 Å². The lowest BCUT2D eigenvalue weighted by Gasteiger charge is -2.39. The zero-order valence-electron chi connectivity index (χ0n) is 13.3. The Labute approximate surface area is 142 Å². The largest absolute Gasteiger partial charge is 0.391 e. The maximum Gasteiger partial charge on any atom is 0.0695 e. The molecule has 2 atom stereocenters. The van der Waals surface area contributed by atoms with E-state index < -0.39 is 0 Å². The summed E-state index contributed by atoms with van der Waals surface area (Å²) in [6, 6.07) is 9.07. The van der Waals surface area contributed by atoms with Crippen LogP contribution in [0.5, 0.6) is 0 Å². The van der Waals surface area contributed by atoms with Crippen LogP contribution in [0.15, 0.2) is 28.7 Å². The van der Waals surface area contributed by atoms with Crippen LogP contribution in [0.1, 0.15) is 31.2 Å². The van der Waals surface area contributed by atoms with Gasteiger partial charge in [0.2, 0.25) is 0 Å². The number of benzene rings is 1. The first-order valence-corrected chi connectivity index (χ1v) is 9.40. The monoisotopic (exact) mass is 366 g/mol. The Bertz CT molecular complexity index is 474. The molecule has 1 aromatic carbocycles. The van der Waals surface area contributed by atoms with E-state index in [1.807, 2.05) is 0 Å². The number of aliphatic hydroxyl groups is 1. The van der Waals surface area contributed by atoms with Crippen molar-refractivity contribution in [3.8, 4) is 0 Å². The third-order valence-corrected chi connectivity index (χ3v) is 5.64. The average molecular weight is 367 g/mol. The SMILES string of the molecule is O[C@H]1CCC[C@@H]1N1CCN(CCCc2cccc(Br)c2)CC1. The van der Waals surface area contributed by atoms with E-state index in [1.54, 1.807) is 0 Å². The van der Waals surface area contributed by atoms with Crippen molar-refractivity contribution in [3.63, 3.8) is 0 Å². The number of hydrogen-bond acceptors (Lipinski definition) is 3. The average Bonchev–Trinajstić information content (AvgIpc) is 2.94. The van der Waals surface area contributed by atoms with Gasteiger partial charge in [0.1, 0.15) is 0 Å². The third kappa shape index (κ3) is 4.31. The van der Waals surface area contributed by atoms with Crippen LogP contribution in [-0.2, 0) is 6.42 Å².